The van der Waals surface area contributed by atoms with Crippen molar-refractivity contribution in [3.63, 3.8) is 0 Å². The van der Waals surface area contributed by atoms with E-state index in [-0.39, 0.29) is 11.5 Å². The molecule has 0 aromatic carbocycles. The van der Waals surface area contributed by atoms with Crippen LogP contribution in [0.1, 0.15) is 41.0 Å². The van der Waals surface area contributed by atoms with Crippen LogP contribution in [0.5, 0.6) is 0 Å². The van der Waals surface area contributed by atoms with Gasteiger partial charge in [-0.3, -0.25) is 0 Å². The Labute approximate surface area is 94.2 Å². The van der Waals surface area contributed by atoms with Crippen LogP contribution in [0.25, 0.3) is 0 Å². The molecule has 0 bridgehead atoms. The van der Waals surface area contributed by atoms with E-state index < -0.39 is 5.60 Å². The molecule has 0 rings (SSSR count). The normalized spacial score (nSPS) is 18.6. The summed E-state index contributed by atoms with van der Waals surface area (Å²) in [5.41, 5.74) is -0.547. The quantitative estimate of drug-likeness (QED) is 0.713. The second-order valence-electron chi connectivity index (χ2n) is 5.64. The van der Waals surface area contributed by atoms with E-state index in [1.807, 2.05) is 13.8 Å². The van der Waals surface area contributed by atoms with Crippen LogP contribution in [0.4, 0.5) is 0 Å². The van der Waals surface area contributed by atoms with Crippen molar-refractivity contribution in [2.24, 2.45) is 5.92 Å². The van der Waals surface area contributed by atoms with Crippen LogP contribution in [-0.2, 0) is 4.74 Å². The van der Waals surface area contributed by atoms with E-state index in [1.165, 1.54) is 0 Å². The van der Waals surface area contributed by atoms with Gasteiger partial charge in [-0.2, -0.15) is 0 Å². The minimum Gasteiger partial charge on any atom is -0.390 e. The number of ether oxygens (including phenoxy) is 1. The highest BCUT2D eigenvalue weighted by molar-refractivity contribution is 4.81. The molecule has 3 heteroatoms. The van der Waals surface area contributed by atoms with Crippen molar-refractivity contribution in [2.75, 3.05) is 20.3 Å². The largest absolute Gasteiger partial charge is 0.390 e. The van der Waals surface area contributed by atoms with Crippen LogP contribution in [0.3, 0.4) is 0 Å². The summed E-state index contributed by atoms with van der Waals surface area (Å²) in [6.45, 7) is 11.7. The van der Waals surface area contributed by atoms with Gasteiger partial charge in [-0.25, -0.2) is 0 Å². The lowest BCUT2D eigenvalue weighted by molar-refractivity contribution is -0.0315. The van der Waals surface area contributed by atoms with Crippen LogP contribution in [-0.4, -0.2) is 36.5 Å². The lowest BCUT2D eigenvalue weighted by Crippen LogP contribution is -2.42. The predicted octanol–water partition coefficient (Wildman–Crippen LogP) is 1.80. The molecule has 15 heavy (non-hydrogen) atoms. The van der Waals surface area contributed by atoms with Crippen molar-refractivity contribution in [3.8, 4) is 0 Å². The van der Waals surface area contributed by atoms with Crippen molar-refractivity contribution in [1.29, 1.82) is 0 Å². The third-order valence-corrected chi connectivity index (χ3v) is 2.76. The van der Waals surface area contributed by atoms with E-state index in [2.05, 4.69) is 26.1 Å². The number of rotatable bonds is 6. The average molecular weight is 217 g/mol. The Morgan fingerprint density at radius 1 is 1.27 bits per heavy atom. The minimum atomic E-state index is -0.658. The summed E-state index contributed by atoms with van der Waals surface area (Å²) in [6.07, 6.45) is 0.745. The maximum Gasteiger partial charge on any atom is 0.0679 e. The molecule has 0 saturated carbocycles. The lowest BCUT2D eigenvalue weighted by atomic mass is 9.88. The van der Waals surface area contributed by atoms with Gasteiger partial charge in [0, 0.05) is 18.6 Å². The third-order valence-electron chi connectivity index (χ3n) is 2.76. The SMILES string of the molecule is COCC(C)C(C)(O)CCNC(C)(C)C. The molecule has 0 aliphatic rings. The van der Waals surface area contributed by atoms with Gasteiger partial charge in [0.2, 0.25) is 0 Å². The summed E-state index contributed by atoms with van der Waals surface area (Å²) in [5, 5.41) is 13.6. The second kappa shape index (κ2) is 5.83. The van der Waals surface area contributed by atoms with Gasteiger partial charge in [0.15, 0.2) is 0 Å². The first-order valence-electron chi connectivity index (χ1n) is 5.65. The van der Waals surface area contributed by atoms with Crippen molar-refractivity contribution >= 4 is 0 Å². The van der Waals surface area contributed by atoms with Gasteiger partial charge in [0.05, 0.1) is 12.2 Å². The van der Waals surface area contributed by atoms with Crippen molar-refractivity contribution in [3.05, 3.63) is 0 Å². The van der Waals surface area contributed by atoms with Crippen molar-refractivity contribution in [1.82, 2.24) is 5.32 Å². The molecule has 0 amide bonds. The topological polar surface area (TPSA) is 41.5 Å². The van der Waals surface area contributed by atoms with E-state index in [0.29, 0.717) is 6.61 Å². The molecule has 0 aromatic heterocycles. The Balaban J connectivity index is 3.93. The lowest BCUT2D eigenvalue weighted by Gasteiger charge is -2.31. The molecule has 2 unspecified atom stereocenters. The fourth-order valence-corrected chi connectivity index (χ4v) is 1.37. The zero-order chi connectivity index (χ0) is 12.1. The molecule has 2 atom stereocenters. The zero-order valence-electron chi connectivity index (χ0n) is 11.1. The van der Waals surface area contributed by atoms with Crippen LogP contribution < -0.4 is 5.32 Å². The summed E-state index contributed by atoms with van der Waals surface area (Å²) < 4.78 is 5.06. The molecule has 0 spiro atoms. The van der Waals surface area contributed by atoms with Gasteiger partial charge in [-0.1, -0.05) is 6.92 Å². The van der Waals surface area contributed by atoms with Crippen molar-refractivity contribution < 1.29 is 9.84 Å². The fraction of sp³-hybridized carbons (Fsp3) is 1.00. The molecule has 0 heterocycles. The molecule has 92 valence electrons. The highest BCUT2D eigenvalue weighted by Gasteiger charge is 2.28. The Kier molecular flexibility index (Phi) is 5.78. The van der Waals surface area contributed by atoms with Crippen molar-refractivity contribution in [2.45, 2.75) is 52.2 Å². The van der Waals surface area contributed by atoms with Gasteiger partial charge in [0.25, 0.3) is 0 Å². The first-order valence-corrected chi connectivity index (χ1v) is 5.65. The van der Waals surface area contributed by atoms with Crippen LogP contribution in [0.15, 0.2) is 0 Å². The van der Waals surface area contributed by atoms with E-state index in [9.17, 15) is 5.11 Å². The Morgan fingerprint density at radius 2 is 1.80 bits per heavy atom. The predicted molar refractivity (Wildman–Crippen MR) is 64.0 cm³/mol. The van der Waals surface area contributed by atoms with E-state index in [1.54, 1.807) is 7.11 Å². The molecule has 2 N–H and O–H groups in total. The van der Waals surface area contributed by atoms with Gasteiger partial charge in [0.1, 0.15) is 0 Å². The molecular formula is C12H27NO2. The number of nitrogens with one attached hydrogen (secondary N) is 1. The van der Waals surface area contributed by atoms with Crippen LogP contribution in [0.2, 0.25) is 0 Å². The second-order valence-corrected chi connectivity index (χ2v) is 5.64. The third kappa shape index (κ3) is 6.88. The number of aliphatic hydroxyl groups is 1. The molecule has 0 aliphatic carbocycles. The number of hydrogen-bond donors (Lipinski definition) is 2. The molecule has 0 saturated heterocycles. The molecule has 0 fully saturated rings. The molecule has 0 aromatic rings. The standard InChI is InChI=1S/C12H27NO2/c1-10(9-15-6)12(5,14)7-8-13-11(2,3)4/h10,13-14H,7-9H2,1-6H3. The van der Waals surface area contributed by atoms with E-state index >= 15 is 0 Å². The highest BCUT2D eigenvalue weighted by Crippen LogP contribution is 2.20. The monoisotopic (exact) mass is 217 g/mol. The maximum absolute atomic E-state index is 10.2. The average Bonchev–Trinajstić information content (AvgIpc) is 2.01. The van der Waals surface area contributed by atoms with Gasteiger partial charge in [-0.15, -0.1) is 0 Å². The summed E-state index contributed by atoms with van der Waals surface area (Å²) in [5.74, 6) is 0.157. The summed E-state index contributed by atoms with van der Waals surface area (Å²) in [4.78, 5) is 0. The maximum atomic E-state index is 10.2. The minimum absolute atomic E-state index is 0.112. The first-order chi connectivity index (χ1) is 6.69. The smallest absolute Gasteiger partial charge is 0.0679 e. The molecule has 0 radical (unpaired) electrons. The number of methoxy groups -OCH3 is 1. The van der Waals surface area contributed by atoms with Crippen LogP contribution >= 0.6 is 0 Å². The summed E-state index contributed by atoms with van der Waals surface area (Å²) in [6, 6.07) is 0. The van der Waals surface area contributed by atoms with Gasteiger partial charge in [-0.05, 0) is 40.7 Å². The Morgan fingerprint density at radius 3 is 2.20 bits per heavy atom. The molecule has 0 aliphatic heterocycles. The number of hydrogen-bond acceptors (Lipinski definition) is 3. The van der Waals surface area contributed by atoms with Gasteiger partial charge < -0.3 is 15.2 Å². The first kappa shape index (κ1) is 14.9. The molecule has 3 nitrogen and oxygen atoms in total. The fourth-order valence-electron chi connectivity index (χ4n) is 1.37. The van der Waals surface area contributed by atoms with E-state index in [0.717, 1.165) is 13.0 Å². The molecular weight excluding hydrogens is 190 g/mol. The Hall–Kier alpha value is -0.120. The van der Waals surface area contributed by atoms with Crippen LogP contribution in [0, 0.1) is 5.92 Å². The highest BCUT2D eigenvalue weighted by atomic mass is 16.5. The van der Waals surface area contributed by atoms with Gasteiger partial charge >= 0.3 is 0 Å². The summed E-state index contributed by atoms with van der Waals surface area (Å²) in [7, 11) is 1.67. The summed E-state index contributed by atoms with van der Waals surface area (Å²) >= 11 is 0. The van der Waals surface area contributed by atoms with E-state index in [4.69, 9.17) is 4.74 Å². The Bertz CT molecular complexity index is 173. The zero-order valence-corrected chi connectivity index (χ0v) is 11.1.